The first-order chi connectivity index (χ1) is 13.6. The molecule has 4 rings (SSSR count). The molecule has 1 heterocycles. The Balaban J connectivity index is 1.72. The molecule has 1 unspecified atom stereocenters. The van der Waals surface area contributed by atoms with Gasteiger partial charge in [0.05, 0.1) is 0 Å². The smallest absolute Gasteiger partial charge is 0.325 e. The SMILES string of the molecule is O=C(O)C1c2ccccc2OCCN1Cc1ccccc1-c1cccc(F)c1. The molecular formula is C23H20FNO3. The number of nitrogens with zero attached hydrogens (tertiary/aromatic N) is 1. The highest BCUT2D eigenvalue weighted by atomic mass is 19.1. The zero-order valence-corrected chi connectivity index (χ0v) is 15.2. The van der Waals surface area contributed by atoms with E-state index in [9.17, 15) is 14.3 Å². The Bertz CT molecular complexity index is 1000. The van der Waals surface area contributed by atoms with Crippen LogP contribution < -0.4 is 4.74 Å². The van der Waals surface area contributed by atoms with Crippen molar-refractivity contribution < 1.29 is 19.0 Å². The van der Waals surface area contributed by atoms with Gasteiger partial charge in [-0.15, -0.1) is 0 Å². The summed E-state index contributed by atoms with van der Waals surface area (Å²) in [7, 11) is 0. The van der Waals surface area contributed by atoms with Gasteiger partial charge >= 0.3 is 5.97 Å². The molecule has 1 N–H and O–H groups in total. The molecule has 3 aromatic carbocycles. The Morgan fingerprint density at radius 1 is 1.07 bits per heavy atom. The zero-order valence-electron chi connectivity index (χ0n) is 15.2. The summed E-state index contributed by atoms with van der Waals surface area (Å²) in [5, 5.41) is 9.93. The summed E-state index contributed by atoms with van der Waals surface area (Å²) in [5.41, 5.74) is 3.26. The molecule has 0 aromatic heterocycles. The summed E-state index contributed by atoms with van der Waals surface area (Å²) in [5.74, 6) is -0.607. The fraction of sp³-hybridized carbons (Fsp3) is 0.174. The van der Waals surface area contributed by atoms with Crippen molar-refractivity contribution in [3.05, 3.63) is 89.7 Å². The second-order valence-corrected chi connectivity index (χ2v) is 6.77. The van der Waals surface area contributed by atoms with E-state index in [4.69, 9.17) is 4.74 Å². The molecule has 1 aliphatic rings. The molecule has 3 aromatic rings. The van der Waals surface area contributed by atoms with E-state index in [1.165, 1.54) is 12.1 Å². The number of carboxylic acids is 1. The number of aliphatic carboxylic acids is 1. The highest BCUT2D eigenvalue weighted by Crippen LogP contribution is 2.34. The third kappa shape index (κ3) is 3.62. The van der Waals surface area contributed by atoms with Gasteiger partial charge in [-0.2, -0.15) is 0 Å². The third-order valence-electron chi connectivity index (χ3n) is 4.98. The maximum absolute atomic E-state index is 13.7. The minimum absolute atomic E-state index is 0.298. The molecule has 0 bridgehead atoms. The van der Waals surface area contributed by atoms with Crippen molar-refractivity contribution in [2.45, 2.75) is 12.6 Å². The first kappa shape index (κ1) is 18.2. The van der Waals surface area contributed by atoms with E-state index in [-0.39, 0.29) is 5.82 Å². The lowest BCUT2D eigenvalue weighted by molar-refractivity contribution is -0.143. The van der Waals surface area contributed by atoms with Crippen LogP contribution >= 0.6 is 0 Å². The van der Waals surface area contributed by atoms with Crippen LogP contribution in [-0.4, -0.2) is 29.1 Å². The molecule has 1 atom stereocenters. The van der Waals surface area contributed by atoms with E-state index in [0.717, 1.165) is 16.7 Å². The molecule has 0 spiro atoms. The number of carboxylic acid groups (broad SMARTS) is 1. The van der Waals surface area contributed by atoms with Crippen LogP contribution in [0.2, 0.25) is 0 Å². The summed E-state index contributed by atoms with van der Waals surface area (Å²) in [6, 6.07) is 20.6. The summed E-state index contributed by atoms with van der Waals surface area (Å²) < 4.78 is 19.5. The number of para-hydroxylation sites is 1. The molecule has 142 valence electrons. The van der Waals surface area contributed by atoms with Crippen LogP contribution in [0.25, 0.3) is 11.1 Å². The van der Waals surface area contributed by atoms with Gasteiger partial charge < -0.3 is 9.84 Å². The van der Waals surface area contributed by atoms with Crippen molar-refractivity contribution in [2.24, 2.45) is 0 Å². The lowest BCUT2D eigenvalue weighted by atomic mass is 9.98. The monoisotopic (exact) mass is 377 g/mol. The average Bonchev–Trinajstić information content (AvgIpc) is 2.87. The topological polar surface area (TPSA) is 49.8 Å². The van der Waals surface area contributed by atoms with Crippen LogP contribution in [0.1, 0.15) is 17.2 Å². The quantitative estimate of drug-likeness (QED) is 0.727. The first-order valence-electron chi connectivity index (χ1n) is 9.16. The van der Waals surface area contributed by atoms with Gasteiger partial charge in [-0.25, -0.2) is 4.39 Å². The van der Waals surface area contributed by atoms with Crippen LogP contribution in [0.3, 0.4) is 0 Å². The normalized spacial score (nSPS) is 16.7. The highest BCUT2D eigenvalue weighted by Gasteiger charge is 2.32. The predicted octanol–water partition coefficient (Wildman–Crippen LogP) is 4.51. The average molecular weight is 377 g/mol. The molecule has 0 amide bonds. The second-order valence-electron chi connectivity index (χ2n) is 6.77. The van der Waals surface area contributed by atoms with Crippen molar-refractivity contribution in [3.63, 3.8) is 0 Å². The Morgan fingerprint density at radius 2 is 1.86 bits per heavy atom. The highest BCUT2D eigenvalue weighted by molar-refractivity contribution is 5.77. The van der Waals surface area contributed by atoms with Gasteiger partial charge in [0.1, 0.15) is 24.2 Å². The molecule has 28 heavy (non-hydrogen) atoms. The van der Waals surface area contributed by atoms with E-state index in [1.54, 1.807) is 18.2 Å². The Morgan fingerprint density at radius 3 is 2.68 bits per heavy atom. The molecule has 0 fully saturated rings. The maximum Gasteiger partial charge on any atom is 0.325 e. The van der Waals surface area contributed by atoms with Gasteiger partial charge in [-0.05, 0) is 34.9 Å². The van der Waals surface area contributed by atoms with Crippen LogP contribution in [0.4, 0.5) is 4.39 Å². The number of fused-ring (bicyclic) bond motifs is 1. The Hall–Kier alpha value is -3.18. The summed E-state index contributed by atoms with van der Waals surface area (Å²) >= 11 is 0. The Labute approximate surface area is 162 Å². The van der Waals surface area contributed by atoms with E-state index >= 15 is 0 Å². The number of carbonyl (C=O) groups is 1. The number of hydrogen-bond donors (Lipinski definition) is 1. The second kappa shape index (κ2) is 7.82. The van der Waals surface area contributed by atoms with Gasteiger partial charge in [0.2, 0.25) is 0 Å². The van der Waals surface area contributed by atoms with E-state index < -0.39 is 12.0 Å². The third-order valence-corrected chi connectivity index (χ3v) is 4.98. The van der Waals surface area contributed by atoms with E-state index in [2.05, 4.69) is 0 Å². The summed E-state index contributed by atoms with van der Waals surface area (Å²) in [4.78, 5) is 14.0. The molecular weight excluding hydrogens is 357 g/mol. The first-order valence-corrected chi connectivity index (χ1v) is 9.16. The molecule has 0 radical (unpaired) electrons. The fourth-order valence-electron chi connectivity index (χ4n) is 3.71. The Kier molecular flexibility index (Phi) is 5.08. The standard InChI is InChI=1S/C23H20FNO3/c24-18-8-5-7-16(14-18)19-9-2-1-6-17(19)15-25-12-13-28-21-11-4-3-10-20(21)22(25)23(26)27/h1-11,14,22H,12-13,15H2,(H,26,27). The molecule has 0 saturated heterocycles. The van der Waals surface area contributed by atoms with Gasteiger partial charge in [0.25, 0.3) is 0 Å². The largest absolute Gasteiger partial charge is 0.492 e. The predicted molar refractivity (Wildman–Crippen MR) is 105 cm³/mol. The van der Waals surface area contributed by atoms with Crippen LogP contribution in [0.15, 0.2) is 72.8 Å². The van der Waals surface area contributed by atoms with Crippen molar-refractivity contribution in [3.8, 4) is 16.9 Å². The maximum atomic E-state index is 13.7. The number of halogens is 1. The van der Waals surface area contributed by atoms with E-state index in [1.807, 2.05) is 47.4 Å². The van der Waals surface area contributed by atoms with Gasteiger partial charge in [0, 0.05) is 18.7 Å². The molecule has 1 aliphatic heterocycles. The minimum Gasteiger partial charge on any atom is -0.492 e. The molecule has 0 aliphatic carbocycles. The van der Waals surface area contributed by atoms with Crippen LogP contribution in [-0.2, 0) is 11.3 Å². The molecule has 0 saturated carbocycles. The van der Waals surface area contributed by atoms with Crippen molar-refractivity contribution in [1.82, 2.24) is 4.90 Å². The lowest BCUT2D eigenvalue weighted by Gasteiger charge is -2.27. The van der Waals surface area contributed by atoms with Crippen molar-refractivity contribution >= 4 is 5.97 Å². The van der Waals surface area contributed by atoms with E-state index in [0.29, 0.717) is 31.0 Å². The van der Waals surface area contributed by atoms with Crippen molar-refractivity contribution in [2.75, 3.05) is 13.2 Å². The van der Waals surface area contributed by atoms with Gasteiger partial charge in [-0.3, -0.25) is 9.69 Å². The van der Waals surface area contributed by atoms with Crippen LogP contribution in [0, 0.1) is 5.82 Å². The number of benzene rings is 3. The van der Waals surface area contributed by atoms with Crippen LogP contribution in [0.5, 0.6) is 5.75 Å². The number of ether oxygens (including phenoxy) is 1. The number of hydrogen-bond acceptors (Lipinski definition) is 3. The van der Waals surface area contributed by atoms with Gasteiger partial charge in [0.15, 0.2) is 0 Å². The minimum atomic E-state index is -0.916. The van der Waals surface area contributed by atoms with Crippen molar-refractivity contribution in [1.29, 1.82) is 0 Å². The summed E-state index contributed by atoms with van der Waals surface area (Å²) in [6.07, 6.45) is 0. The molecule has 5 heteroatoms. The molecule has 4 nitrogen and oxygen atoms in total. The fourth-order valence-corrected chi connectivity index (χ4v) is 3.71. The lowest BCUT2D eigenvalue weighted by Crippen LogP contribution is -2.34. The summed E-state index contributed by atoms with van der Waals surface area (Å²) in [6.45, 7) is 1.30. The number of rotatable bonds is 4. The van der Waals surface area contributed by atoms with Gasteiger partial charge in [-0.1, -0.05) is 54.6 Å². The zero-order chi connectivity index (χ0) is 19.5.